The summed E-state index contributed by atoms with van der Waals surface area (Å²) in [4.78, 5) is 10.5. The van der Waals surface area contributed by atoms with Crippen molar-refractivity contribution < 1.29 is 23.0 Å². The first kappa shape index (κ1) is 10.9. The number of halogens is 2. The van der Waals surface area contributed by atoms with E-state index in [1.165, 1.54) is 12.1 Å². The Morgan fingerprint density at radius 1 is 1.58 bits per heavy atom. The Labute approximate surface area is 77.5 Å². The minimum absolute atomic E-state index is 0. The summed E-state index contributed by atoms with van der Waals surface area (Å²) in [7, 11) is 0. The number of benzene rings is 1. The molecule has 0 saturated carbocycles. The third kappa shape index (κ3) is 2.20. The normalized spacial score (nSPS) is 8.83. The molecule has 2 N–H and O–H groups in total. The summed E-state index contributed by atoms with van der Waals surface area (Å²) in [6, 6.07) is 4.30. The molecule has 0 aromatic heterocycles. The van der Waals surface area contributed by atoms with Gasteiger partial charge in [0.15, 0.2) is 0 Å². The van der Waals surface area contributed by atoms with E-state index in [0.29, 0.717) is 0 Å². The standard InChI is InChI=1S/C8H8FNO.ClH/c1-5-2-3-6(8(10)11)7(9)4-5;/h2-4H,1H3,(H2,10,11);1H. The fraction of sp³-hybridized carbons (Fsp3) is 0.125. The van der Waals surface area contributed by atoms with Gasteiger partial charge in [-0.1, -0.05) is 6.07 Å². The van der Waals surface area contributed by atoms with Crippen LogP contribution in [0.1, 0.15) is 17.3 Å². The van der Waals surface area contributed by atoms with Crippen LogP contribution in [-0.4, -0.2) is 5.91 Å². The number of nitrogens with two attached hydrogens (primary N) is 1. The lowest BCUT2D eigenvalue weighted by atomic mass is 10.1. The minimum atomic E-state index is -0.734. The SMILES string of the molecule is Cc1ccc(C(N)=O)c(F)c1.[Cl-].[H+]. The zero-order valence-electron chi connectivity index (χ0n) is 7.47. The summed E-state index contributed by atoms with van der Waals surface area (Å²) >= 11 is 0. The van der Waals surface area contributed by atoms with Crippen LogP contribution in [0.15, 0.2) is 18.2 Å². The number of hydrogen-bond donors (Lipinski definition) is 1. The molecule has 0 atom stereocenters. The summed E-state index contributed by atoms with van der Waals surface area (Å²) in [5.41, 5.74) is 5.60. The molecule has 2 nitrogen and oxygen atoms in total. The van der Waals surface area contributed by atoms with E-state index < -0.39 is 11.7 Å². The van der Waals surface area contributed by atoms with Gasteiger partial charge in [-0.15, -0.1) is 0 Å². The Hall–Kier alpha value is -1.09. The van der Waals surface area contributed by atoms with Crippen molar-refractivity contribution in [1.82, 2.24) is 0 Å². The summed E-state index contributed by atoms with van der Waals surface area (Å²) in [6.07, 6.45) is 0. The number of rotatable bonds is 1. The molecule has 0 heterocycles. The molecule has 0 aliphatic carbocycles. The number of hydrogen-bond acceptors (Lipinski definition) is 1. The number of carbonyl (C=O) groups excluding carboxylic acids is 1. The van der Waals surface area contributed by atoms with Crippen molar-refractivity contribution in [2.45, 2.75) is 6.92 Å². The predicted octanol–water partition coefficient (Wildman–Crippen LogP) is -1.65. The molecule has 0 fully saturated rings. The van der Waals surface area contributed by atoms with Crippen molar-refractivity contribution in [3.63, 3.8) is 0 Å². The van der Waals surface area contributed by atoms with Crippen molar-refractivity contribution in [3.8, 4) is 0 Å². The van der Waals surface area contributed by atoms with Crippen molar-refractivity contribution >= 4 is 5.91 Å². The second-order valence-electron chi connectivity index (χ2n) is 2.35. The van der Waals surface area contributed by atoms with Gasteiger partial charge in [0, 0.05) is 0 Å². The van der Waals surface area contributed by atoms with E-state index in [0.717, 1.165) is 5.56 Å². The summed E-state index contributed by atoms with van der Waals surface area (Å²) in [5.74, 6) is -1.29. The first-order chi connectivity index (χ1) is 5.11. The van der Waals surface area contributed by atoms with Gasteiger partial charge in [0.25, 0.3) is 5.91 Å². The zero-order chi connectivity index (χ0) is 8.43. The van der Waals surface area contributed by atoms with Gasteiger partial charge in [-0.2, -0.15) is 0 Å². The largest absolute Gasteiger partial charge is 1.00 e. The predicted molar refractivity (Wildman–Crippen MR) is 40.8 cm³/mol. The molecule has 12 heavy (non-hydrogen) atoms. The molecular formula is C8H9ClFNO. The van der Waals surface area contributed by atoms with Gasteiger partial charge in [0.1, 0.15) is 5.82 Å². The molecular weight excluding hydrogens is 181 g/mol. The Morgan fingerprint density at radius 2 is 2.17 bits per heavy atom. The average Bonchev–Trinajstić information content (AvgIpc) is 1.85. The molecule has 1 amide bonds. The maximum Gasteiger partial charge on any atom is 1.00 e. The summed E-state index contributed by atoms with van der Waals surface area (Å²) in [6.45, 7) is 1.74. The number of aryl methyl sites for hydroxylation is 1. The number of amides is 1. The Kier molecular flexibility index (Phi) is 3.70. The van der Waals surface area contributed by atoms with Crippen molar-refractivity contribution in [1.29, 1.82) is 0 Å². The molecule has 0 unspecified atom stereocenters. The monoisotopic (exact) mass is 189 g/mol. The van der Waals surface area contributed by atoms with Gasteiger partial charge in [0.05, 0.1) is 5.56 Å². The summed E-state index contributed by atoms with van der Waals surface area (Å²) in [5, 5.41) is 0. The molecule has 0 saturated heterocycles. The maximum atomic E-state index is 12.8. The Bertz CT molecular complexity index is 306. The van der Waals surface area contributed by atoms with E-state index >= 15 is 0 Å². The molecule has 1 aromatic carbocycles. The van der Waals surface area contributed by atoms with Crippen molar-refractivity contribution in [2.24, 2.45) is 5.73 Å². The lowest BCUT2D eigenvalue weighted by Gasteiger charge is -1.97. The lowest BCUT2D eigenvalue weighted by molar-refractivity contribution is -0.0000116. The van der Waals surface area contributed by atoms with E-state index in [4.69, 9.17) is 5.73 Å². The molecule has 0 bridgehead atoms. The molecule has 0 aliphatic heterocycles. The molecule has 0 radical (unpaired) electrons. The third-order valence-electron chi connectivity index (χ3n) is 1.39. The highest BCUT2D eigenvalue weighted by Crippen LogP contribution is 2.08. The highest BCUT2D eigenvalue weighted by atomic mass is 35.5. The quantitative estimate of drug-likeness (QED) is 0.565. The van der Waals surface area contributed by atoms with Crippen LogP contribution >= 0.6 is 0 Å². The number of carbonyl (C=O) groups is 1. The van der Waals surface area contributed by atoms with E-state index in [1.807, 2.05) is 0 Å². The second kappa shape index (κ2) is 4.07. The molecule has 0 spiro atoms. The lowest BCUT2D eigenvalue weighted by Crippen LogP contribution is -3.00. The van der Waals surface area contributed by atoms with Gasteiger partial charge in [-0.05, 0) is 24.6 Å². The fourth-order valence-electron chi connectivity index (χ4n) is 0.820. The second-order valence-corrected chi connectivity index (χ2v) is 2.35. The van der Waals surface area contributed by atoms with Crippen LogP contribution in [0.5, 0.6) is 0 Å². The molecule has 1 rings (SSSR count). The van der Waals surface area contributed by atoms with Crippen LogP contribution in [0, 0.1) is 12.7 Å². The molecule has 0 aliphatic rings. The van der Waals surface area contributed by atoms with E-state index in [2.05, 4.69) is 0 Å². The van der Waals surface area contributed by atoms with Crippen LogP contribution < -0.4 is 18.1 Å². The fourth-order valence-corrected chi connectivity index (χ4v) is 0.820. The molecule has 1 aromatic rings. The number of primary amides is 1. The highest BCUT2D eigenvalue weighted by molar-refractivity contribution is 5.93. The van der Waals surface area contributed by atoms with Gasteiger partial charge >= 0.3 is 1.43 Å². The van der Waals surface area contributed by atoms with Crippen LogP contribution in [0.2, 0.25) is 0 Å². The topological polar surface area (TPSA) is 43.1 Å². The van der Waals surface area contributed by atoms with Crippen molar-refractivity contribution in [3.05, 3.63) is 35.1 Å². The van der Waals surface area contributed by atoms with Gasteiger partial charge < -0.3 is 18.1 Å². The smallest absolute Gasteiger partial charge is 1.00 e. The Morgan fingerprint density at radius 3 is 2.58 bits per heavy atom. The van der Waals surface area contributed by atoms with Gasteiger partial charge in [-0.25, -0.2) is 4.39 Å². The maximum absolute atomic E-state index is 12.8. The first-order valence-electron chi connectivity index (χ1n) is 3.17. The molecule has 4 heteroatoms. The van der Waals surface area contributed by atoms with Crippen LogP contribution in [-0.2, 0) is 0 Å². The molecule has 66 valence electrons. The van der Waals surface area contributed by atoms with E-state index in [1.54, 1.807) is 13.0 Å². The van der Waals surface area contributed by atoms with Gasteiger partial charge in [-0.3, -0.25) is 4.79 Å². The first-order valence-corrected chi connectivity index (χ1v) is 3.17. The van der Waals surface area contributed by atoms with Gasteiger partial charge in [0.2, 0.25) is 0 Å². The zero-order valence-corrected chi connectivity index (χ0v) is 7.23. The highest BCUT2D eigenvalue weighted by Gasteiger charge is 2.06. The van der Waals surface area contributed by atoms with Crippen LogP contribution in [0.3, 0.4) is 0 Å². The third-order valence-corrected chi connectivity index (χ3v) is 1.39. The minimum Gasteiger partial charge on any atom is -1.00 e. The van der Waals surface area contributed by atoms with Crippen LogP contribution in [0.25, 0.3) is 0 Å². The van der Waals surface area contributed by atoms with Crippen molar-refractivity contribution in [2.75, 3.05) is 0 Å². The van der Waals surface area contributed by atoms with E-state index in [-0.39, 0.29) is 19.4 Å². The van der Waals surface area contributed by atoms with E-state index in [9.17, 15) is 9.18 Å². The van der Waals surface area contributed by atoms with Crippen LogP contribution in [0.4, 0.5) is 4.39 Å². The average molecular weight is 190 g/mol. The Balaban J connectivity index is 0. The summed E-state index contributed by atoms with van der Waals surface area (Å²) < 4.78 is 12.8.